The summed E-state index contributed by atoms with van der Waals surface area (Å²) in [6.07, 6.45) is 10.4. The number of hydrogen-bond acceptors (Lipinski definition) is 6. The van der Waals surface area contributed by atoms with Crippen LogP contribution in [-0.4, -0.2) is 35.0 Å². The van der Waals surface area contributed by atoms with Crippen molar-refractivity contribution in [2.45, 2.75) is 97.8 Å². The van der Waals surface area contributed by atoms with Gasteiger partial charge in [0, 0.05) is 0 Å². The second kappa shape index (κ2) is 11.1. The number of fused-ring (bicyclic) bond motifs is 5. The van der Waals surface area contributed by atoms with Crippen LogP contribution in [0.4, 0.5) is 4.79 Å². The number of nitrogens with zero attached hydrogens (tertiary/aromatic N) is 1. The number of oxime groups is 1. The Morgan fingerprint density at radius 1 is 1.10 bits per heavy atom. The molecular formula is C32H44N2O5. The number of benzene rings is 1. The van der Waals surface area contributed by atoms with Crippen molar-refractivity contribution in [2.24, 2.45) is 39.7 Å². The molecule has 7 heteroatoms. The van der Waals surface area contributed by atoms with Gasteiger partial charge in [0.05, 0.1) is 11.8 Å². The molecule has 39 heavy (non-hydrogen) atoms. The van der Waals surface area contributed by atoms with Gasteiger partial charge in [-0.2, -0.15) is 0 Å². The minimum absolute atomic E-state index is 0.0314. The highest BCUT2D eigenvalue weighted by molar-refractivity contribution is 6.00. The minimum Gasteiger partial charge on any atom is -0.445 e. The average molecular weight is 537 g/mol. The number of ether oxygens (including phenoxy) is 1. The monoisotopic (exact) mass is 536 g/mol. The van der Waals surface area contributed by atoms with Crippen molar-refractivity contribution in [3.63, 3.8) is 0 Å². The van der Waals surface area contributed by atoms with Crippen molar-refractivity contribution in [3.05, 3.63) is 47.5 Å². The van der Waals surface area contributed by atoms with Crippen LogP contribution in [0.15, 0.2) is 47.1 Å². The molecule has 5 rings (SSSR count). The molecule has 1 aromatic carbocycles. The summed E-state index contributed by atoms with van der Waals surface area (Å²) in [4.78, 5) is 30.0. The zero-order valence-electron chi connectivity index (χ0n) is 23.8. The fourth-order valence-electron chi connectivity index (χ4n) is 8.61. The molecule has 3 fully saturated rings. The number of allylic oxidation sites excluding steroid dienone is 2. The highest BCUT2D eigenvalue weighted by Gasteiger charge is 2.58. The molecule has 0 radical (unpaired) electrons. The summed E-state index contributed by atoms with van der Waals surface area (Å²) in [5.74, 6) is 2.01. The van der Waals surface area contributed by atoms with Gasteiger partial charge in [-0.15, -0.1) is 0 Å². The maximum Gasteiger partial charge on any atom is 0.408 e. The third-order valence-corrected chi connectivity index (χ3v) is 10.8. The number of aliphatic hydroxyl groups excluding tert-OH is 1. The van der Waals surface area contributed by atoms with Crippen LogP contribution in [0.3, 0.4) is 0 Å². The lowest BCUT2D eigenvalue weighted by Gasteiger charge is -2.60. The van der Waals surface area contributed by atoms with Crippen molar-refractivity contribution >= 4 is 17.8 Å². The zero-order valence-corrected chi connectivity index (χ0v) is 23.8. The normalized spacial score (nSPS) is 36.5. The van der Waals surface area contributed by atoms with Crippen molar-refractivity contribution in [1.29, 1.82) is 0 Å². The SMILES string of the molecule is C/C(=N\OC(=O)[C@H](C)NC(=O)OCc1ccccc1)C1=CC[C@H]2[C@@H]3CC[C@H]4C[C@@H](O)CC[C@]4(C)[C@H]3CC[C@]12C. The highest BCUT2D eigenvalue weighted by Crippen LogP contribution is 2.66. The van der Waals surface area contributed by atoms with E-state index in [9.17, 15) is 14.7 Å². The lowest BCUT2D eigenvalue weighted by molar-refractivity contribution is -0.145. The molecule has 3 saturated carbocycles. The Bertz CT molecular complexity index is 1130. The summed E-state index contributed by atoms with van der Waals surface area (Å²) in [5, 5.41) is 17.1. The Morgan fingerprint density at radius 2 is 1.87 bits per heavy atom. The number of rotatable bonds is 6. The maximum atomic E-state index is 12.6. The number of hydrogen-bond donors (Lipinski definition) is 2. The lowest BCUT2D eigenvalue weighted by Crippen LogP contribution is -2.53. The molecule has 0 heterocycles. The second-order valence-corrected chi connectivity index (χ2v) is 12.9. The number of carbonyl (C=O) groups excluding carboxylic acids is 2. The predicted molar refractivity (Wildman–Crippen MR) is 150 cm³/mol. The van der Waals surface area contributed by atoms with E-state index in [1.165, 1.54) is 24.8 Å². The molecule has 8 atom stereocenters. The molecule has 0 unspecified atom stereocenters. The van der Waals surface area contributed by atoms with Crippen LogP contribution in [0.2, 0.25) is 0 Å². The van der Waals surface area contributed by atoms with Gasteiger partial charge in [0.25, 0.3) is 0 Å². The quantitative estimate of drug-likeness (QED) is 0.258. The van der Waals surface area contributed by atoms with Crippen LogP contribution in [-0.2, 0) is 21.0 Å². The van der Waals surface area contributed by atoms with E-state index in [1.807, 2.05) is 37.3 Å². The molecule has 4 aliphatic carbocycles. The fourth-order valence-corrected chi connectivity index (χ4v) is 8.61. The van der Waals surface area contributed by atoms with Gasteiger partial charge >= 0.3 is 12.1 Å². The van der Waals surface area contributed by atoms with Crippen LogP contribution < -0.4 is 5.32 Å². The van der Waals surface area contributed by atoms with Crippen LogP contribution in [0, 0.1) is 34.5 Å². The molecule has 0 saturated heterocycles. The highest BCUT2D eigenvalue weighted by atomic mass is 16.7. The van der Waals surface area contributed by atoms with Crippen LogP contribution in [0.1, 0.15) is 84.6 Å². The average Bonchev–Trinajstić information content (AvgIpc) is 3.28. The number of nitrogens with one attached hydrogen (secondary N) is 1. The van der Waals surface area contributed by atoms with Gasteiger partial charge in [0.2, 0.25) is 0 Å². The molecule has 2 N–H and O–H groups in total. The van der Waals surface area contributed by atoms with E-state index >= 15 is 0 Å². The van der Waals surface area contributed by atoms with Gasteiger partial charge in [-0.25, -0.2) is 9.59 Å². The summed E-state index contributed by atoms with van der Waals surface area (Å²) in [7, 11) is 0. The second-order valence-electron chi connectivity index (χ2n) is 12.9. The Kier molecular flexibility index (Phi) is 7.91. The topological polar surface area (TPSA) is 97.2 Å². The number of amides is 1. The van der Waals surface area contributed by atoms with Crippen LogP contribution in [0.25, 0.3) is 0 Å². The molecule has 1 amide bonds. The Morgan fingerprint density at radius 3 is 2.64 bits per heavy atom. The molecule has 0 aliphatic heterocycles. The largest absolute Gasteiger partial charge is 0.445 e. The first-order valence-electron chi connectivity index (χ1n) is 14.7. The molecule has 1 aromatic rings. The molecule has 0 bridgehead atoms. The summed E-state index contributed by atoms with van der Waals surface area (Å²) >= 11 is 0. The summed E-state index contributed by atoms with van der Waals surface area (Å²) in [5.41, 5.74) is 3.19. The molecule has 0 spiro atoms. The molecule has 7 nitrogen and oxygen atoms in total. The lowest BCUT2D eigenvalue weighted by atomic mass is 9.44. The van der Waals surface area contributed by atoms with Crippen molar-refractivity contribution in [2.75, 3.05) is 0 Å². The van der Waals surface area contributed by atoms with E-state index in [1.54, 1.807) is 6.92 Å². The predicted octanol–water partition coefficient (Wildman–Crippen LogP) is 6.16. The summed E-state index contributed by atoms with van der Waals surface area (Å²) in [6.45, 7) is 8.49. The van der Waals surface area contributed by atoms with E-state index in [0.29, 0.717) is 23.2 Å². The van der Waals surface area contributed by atoms with Crippen molar-refractivity contribution in [3.8, 4) is 0 Å². The molecule has 212 valence electrons. The number of carbonyl (C=O) groups is 2. The van der Waals surface area contributed by atoms with Crippen molar-refractivity contribution < 1.29 is 24.3 Å². The van der Waals surface area contributed by atoms with Gasteiger partial charge in [0.1, 0.15) is 12.6 Å². The molecular weight excluding hydrogens is 492 g/mol. The fraction of sp³-hybridized carbons (Fsp3) is 0.656. The number of aliphatic hydroxyl groups is 1. The van der Waals surface area contributed by atoms with E-state index in [4.69, 9.17) is 9.57 Å². The first-order valence-corrected chi connectivity index (χ1v) is 14.7. The van der Waals surface area contributed by atoms with Crippen molar-refractivity contribution in [1.82, 2.24) is 5.32 Å². The van der Waals surface area contributed by atoms with Gasteiger partial charge in [-0.1, -0.05) is 55.4 Å². The Hall–Kier alpha value is -2.67. The first-order chi connectivity index (χ1) is 18.6. The standard InChI is InChI=1S/C32H44N2O5/c1-20(34-39-29(36)21(2)33-30(37)38-19-22-8-6-5-7-9-22)26-12-13-27-25-11-10-23-18-24(35)14-16-31(23,3)28(25)15-17-32(26,27)4/h5-9,12,21,23-25,27-28,35H,10-11,13-19H2,1-4H3,(H,33,37)/b34-20+/t21-,23-,24-,25-,27-,28-,31-,32+/m0/s1. The van der Waals surface area contributed by atoms with Gasteiger partial charge < -0.3 is 20.0 Å². The minimum atomic E-state index is -0.883. The summed E-state index contributed by atoms with van der Waals surface area (Å²) in [6, 6.07) is 8.49. The Balaban J connectivity index is 1.17. The van der Waals surface area contributed by atoms with E-state index in [0.717, 1.165) is 49.3 Å². The molecule has 4 aliphatic rings. The third kappa shape index (κ3) is 5.39. The van der Waals surface area contributed by atoms with Gasteiger partial charge in [0.15, 0.2) is 0 Å². The first kappa shape index (κ1) is 27.9. The maximum absolute atomic E-state index is 12.6. The van der Waals surface area contributed by atoms with Crippen LogP contribution in [0.5, 0.6) is 0 Å². The smallest absolute Gasteiger partial charge is 0.408 e. The van der Waals surface area contributed by atoms with E-state index in [-0.39, 0.29) is 18.1 Å². The van der Waals surface area contributed by atoms with Crippen LogP contribution >= 0.6 is 0 Å². The Labute approximate surface area is 232 Å². The van der Waals surface area contributed by atoms with Gasteiger partial charge in [-0.05, 0) is 111 Å². The zero-order chi connectivity index (χ0) is 27.8. The van der Waals surface area contributed by atoms with E-state index < -0.39 is 18.1 Å². The number of alkyl carbamates (subject to hydrolysis) is 1. The molecule has 0 aromatic heterocycles. The van der Waals surface area contributed by atoms with E-state index in [2.05, 4.69) is 30.4 Å². The third-order valence-electron chi connectivity index (χ3n) is 10.8. The van der Waals surface area contributed by atoms with Gasteiger partial charge in [-0.3, -0.25) is 0 Å². The summed E-state index contributed by atoms with van der Waals surface area (Å²) < 4.78 is 5.20.